The molecule has 0 spiro atoms. The number of phenols is 1. The molecule has 94 valence electrons. The van der Waals surface area contributed by atoms with E-state index in [0.29, 0.717) is 5.75 Å². The fourth-order valence-electron chi connectivity index (χ4n) is 2.28. The van der Waals surface area contributed by atoms with Crippen molar-refractivity contribution in [3.05, 3.63) is 36.4 Å². The van der Waals surface area contributed by atoms with Crippen molar-refractivity contribution in [1.82, 2.24) is 0 Å². The highest BCUT2D eigenvalue weighted by molar-refractivity contribution is 5.85. The van der Waals surface area contributed by atoms with E-state index in [2.05, 4.69) is 0 Å². The highest BCUT2D eigenvalue weighted by Crippen LogP contribution is 2.33. The molecule has 1 fully saturated rings. The Labute approximate surface area is 106 Å². The quantitative estimate of drug-likeness (QED) is 0.882. The third-order valence-corrected chi connectivity index (χ3v) is 3.29. The second-order valence-corrected chi connectivity index (χ2v) is 4.60. The summed E-state index contributed by atoms with van der Waals surface area (Å²) in [6, 6.07) is 11.6. The van der Waals surface area contributed by atoms with Crippen molar-refractivity contribution in [3.63, 3.8) is 0 Å². The van der Waals surface area contributed by atoms with E-state index in [1.54, 1.807) is 6.07 Å². The van der Waals surface area contributed by atoms with Gasteiger partial charge in [-0.1, -0.05) is 24.3 Å². The van der Waals surface area contributed by atoms with Gasteiger partial charge in [-0.3, -0.25) is 0 Å². The van der Waals surface area contributed by atoms with E-state index in [4.69, 9.17) is 9.47 Å². The maximum Gasteiger partial charge on any atom is 0.161 e. The molecule has 1 saturated heterocycles. The zero-order valence-corrected chi connectivity index (χ0v) is 10.1. The van der Waals surface area contributed by atoms with Gasteiger partial charge in [0.05, 0.1) is 13.2 Å². The van der Waals surface area contributed by atoms with Crippen LogP contribution < -0.4 is 4.74 Å². The lowest BCUT2D eigenvalue weighted by Crippen LogP contribution is -2.25. The first-order valence-electron chi connectivity index (χ1n) is 6.29. The van der Waals surface area contributed by atoms with Crippen molar-refractivity contribution in [2.24, 2.45) is 0 Å². The van der Waals surface area contributed by atoms with E-state index in [1.807, 2.05) is 30.3 Å². The van der Waals surface area contributed by atoms with Crippen molar-refractivity contribution in [3.8, 4) is 11.5 Å². The first kappa shape index (κ1) is 11.4. The average Bonchev–Trinajstić information content (AvgIpc) is 2.41. The molecule has 0 atom stereocenters. The molecule has 0 bridgehead atoms. The molecule has 2 aromatic rings. The number of ether oxygens (including phenoxy) is 2. The molecule has 3 heteroatoms. The number of benzene rings is 2. The molecule has 1 N–H and O–H groups in total. The minimum atomic E-state index is 0.144. The topological polar surface area (TPSA) is 38.7 Å². The highest BCUT2D eigenvalue weighted by atomic mass is 16.5. The summed E-state index contributed by atoms with van der Waals surface area (Å²) in [6.07, 6.45) is 1.91. The molecular weight excluding hydrogens is 228 g/mol. The van der Waals surface area contributed by atoms with Crippen LogP contribution in [0.15, 0.2) is 36.4 Å². The maximum absolute atomic E-state index is 9.98. The van der Waals surface area contributed by atoms with Gasteiger partial charge in [0, 0.05) is 12.8 Å². The maximum atomic E-state index is 9.98. The van der Waals surface area contributed by atoms with E-state index in [1.165, 1.54) is 0 Å². The summed E-state index contributed by atoms with van der Waals surface area (Å²) in [5, 5.41) is 12.1. The van der Waals surface area contributed by atoms with Crippen molar-refractivity contribution in [1.29, 1.82) is 0 Å². The van der Waals surface area contributed by atoms with Crippen LogP contribution in [0.1, 0.15) is 12.8 Å². The van der Waals surface area contributed by atoms with Gasteiger partial charge >= 0.3 is 0 Å². The van der Waals surface area contributed by atoms with Crippen LogP contribution in [-0.4, -0.2) is 24.4 Å². The van der Waals surface area contributed by atoms with E-state index in [-0.39, 0.29) is 11.9 Å². The van der Waals surface area contributed by atoms with Gasteiger partial charge in [0.2, 0.25) is 0 Å². The third kappa shape index (κ3) is 2.27. The first-order valence-corrected chi connectivity index (χ1v) is 6.29. The summed E-state index contributed by atoms with van der Waals surface area (Å²) in [7, 11) is 0. The highest BCUT2D eigenvalue weighted by Gasteiger charge is 2.17. The summed E-state index contributed by atoms with van der Waals surface area (Å²) in [5.74, 6) is 0.779. The van der Waals surface area contributed by atoms with Crippen molar-refractivity contribution >= 4 is 10.8 Å². The van der Waals surface area contributed by atoms with Crippen LogP contribution in [0, 0.1) is 0 Å². The summed E-state index contributed by atoms with van der Waals surface area (Å²) in [5.41, 5.74) is 0. The number of fused-ring (bicyclic) bond motifs is 1. The Balaban J connectivity index is 1.88. The smallest absolute Gasteiger partial charge is 0.161 e. The van der Waals surface area contributed by atoms with Gasteiger partial charge in [-0.05, 0) is 22.9 Å². The number of hydrogen-bond donors (Lipinski definition) is 1. The molecule has 0 saturated carbocycles. The summed E-state index contributed by atoms with van der Waals surface area (Å²) < 4.78 is 11.2. The van der Waals surface area contributed by atoms with Crippen LogP contribution in [0.3, 0.4) is 0 Å². The second kappa shape index (κ2) is 4.86. The lowest BCUT2D eigenvalue weighted by atomic mass is 10.1. The van der Waals surface area contributed by atoms with Gasteiger partial charge in [0.25, 0.3) is 0 Å². The predicted octanol–water partition coefficient (Wildman–Crippen LogP) is 3.10. The molecule has 0 amide bonds. The SMILES string of the molecule is Oc1cc2ccccc2cc1OC1CCOCC1. The van der Waals surface area contributed by atoms with E-state index in [0.717, 1.165) is 36.8 Å². The summed E-state index contributed by atoms with van der Waals surface area (Å²) >= 11 is 0. The number of aromatic hydroxyl groups is 1. The van der Waals surface area contributed by atoms with Gasteiger partial charge in [0.1, 0.15) is 6.10 Å². The van der Waals surface area contributed by atoms with Crippen LogP contribution in [-0.2, 0) is 4.74 Å². The molecule has 0 aromatic heterocycles. The second-order valence-electron chi connectivity index (χ2n) is 4.60. The molecule has 1 aliphatic heterocycles. The lowest BCUT2D eigenvalue weighted by molar-refractivity contribution is 0.0246. The molecule has 3 nitrogen and oxygen atoms in total. The van der Waals surface area contributed by atoms with Gasteiger partial charge in [-0.2, -0.15) is 0 Å². The van der Waals surface area contributed by atoms with Gasteiger partial charge in [-0.15, -0.1) is 0 Å². The minimum absolute atomic E-state index is 0.144. The number of rotatable bonds is 2. The summed E-state index contributed by atoms with van der Waals surface area (Å²) in [4.78, 5) is 0. The minimum Gasteiger partial charge on any atom is -0.504 e. The molecular formula is C15H16O3. The molecule has 3 rings (SSSR count). The zero-order valence-electron chi connectivity index (χ0n) is 10.1. The first-order chi connectivity index (χ1) is 8.83. The Morgan fingerprint density at radius 3 is 2.44 bits per heavy atom. The predicted molar refractivity (Wildman–Crippen MR) is 70.1 cm³/mol. The molecule has 2 aromatic carbocycles. The van der Waals surface area contributed by atoms with E-state index < -0.39 is 0 Å². The fraction of sp³-hybridized carbons (Fsp3) is 0.333. The Morgan fingerprint density at radius 2 is 1.72 bits per heavy atom. The van der Waals surface area contributed by atoms with Crippen molar-refractivity contribution in [2.75, 3.05) is 13.2 Å². The molecule has 1 aliphatic rings. The summed E-state index contributed by atoms with van der Waals surface area (Å²) in [6.45, 7) is 1.47. The average molecular weight is 244 g/mol. The standard InChI is InChI=1S/C15H16O3/c16-14-9-11-3-1-2-4-12(11)10-15(14)18-13-5-7-17-8-6-13/h1-4,9-10,13,16H,5-8H2. The van der Waals surface area contributed by atoms with Crippen LogP contribution in [0.5, 0.6) is 11.5 Å². The Morgan fingerprint density at radius 1 is 1.06 bits per heavy atom. The van der Waals surface area contributed by atoms with E-state index >= 15 is 0 Å². The van der Waals surface area contributed by atoms with Crippen molar-refractivity contribution < 1.29 is 14.6 Å². The van der Waals surface area contributed by atoms with Gasteiger partial charge in [0.15, 0.2) is 11.5 Å². The van der Waals surface area contributed by atoms with E-state index in [9.17, 15) is 5.11 Å². The molecule has 18 heavy (non-hydrogen) atoms. The lowest BCUT2D eigenvalue weighted by Gasteiger charge is -2.23. The van der Waals surface area contributed by atoms with Crippen LogP contribution in [0.4, 0.5) is 0 Å². The monoisotopic (exact) mass is 244 g/mol. The Kier molecular flexibility index (Phi) is 3.07. The molecule has 0 unspecified atom stereocenters. The Bertz CT molecular complexity index is 544. The van der Waals surface area contributed by atoms with Crippen LogP contribution >= 0.6 is 0 Å². The number of phenolic OH excluding ortho intramolecular Hbond substituents is 1. The normalized spacial score (nSPS) is 16.9. The van der Waals surface area contributed by atoms with Crippen LogP contribution in [0.2, 0.25) is 0 Å². The molecule has 1 heterocycles. The van der Waals surface area contributed by atoms with Crippen LogP contribution in [0.25, 0.3) is 10.8 Å². The third-order valence-electron chi connectivity index (χ3n) is 3.29. The Hall–Kier alpha value is -1.74. The molecule has 0 aliphatic carbocycles. The molecule has 0 radical (unpaired) electrons. The van der Waals surface area contributed by atoms with Crippen molar-refractivity contribution in [2.45, 2.75) is 18.9 Å². The van der Waals surface area contributed by atoms with Gasteiger partial charge < -0.3 is 14.6 Å². The van der Waals surface area contributed by atoms with Gasteiger partial charge in [-0.25, -0.2) is 0 Å². The zero-order chi connectivity index (χ0) is 12.4. The fourth-order valence-corrected chi connectivity index (χ4v) is 2.28. The largest absolute Gasteiger partial charge is 0.504 e. The number of hydrogen-bond acceptors (Lipinski definition) is 3.